The summed E-state index contributed by atoms with van der Waals surface area (Å²) in [4.78, 5) is 20.6. The zero-order valence-corrected chi connectivity index (χ0v) is 7.11. The number of hydrogen-bond donors (Lipinski definition) is 0. The van der Waals surface area contributed by atoms with Crippen LogP contribution >= 0.6 is 0 Å². The molecule has 3 nitrogen and oxygen atoms in total. The Morgan fingerprint density at radius 1 is 1.46 bits per heavy atom. The van der Waals surface area contributed by atoms with Gasteiger partial charge in [0.25, 0.3) is 0 Å². The van der Waals surface area contributed by atoms with Crippen LogP contribution in [0.5, 0.6) is 5.75 Å². The van der Waals surface area contributed by atoms with E-state index in [0.717, 1.165) is 0 Å². The molecule has 0 atom stereocenters. The molecule has 0 aromatic heterocycles. The summed E-state index contributed by atoms with van der Waals surface area (Å²) in [7, 11) is 0. The zero-order chi connectivity index (χ0) is 9.68. The minimum absolute atomic E-state index is 0.106. The van der Waals surface area contributed by atoms with E-state index in [4.69, 9.17) is 4.74 Å². The van der Waals surface area contributed by atoms with Gasteiger partial charge in [0.2, 0.25) is 0 Å². The molecule has 0 fully saturated rings. The van der Waals surface area contributed by atoms with Gasteiger partial charge in [0.15, 0.2) is 18.0 Å². The van der Waals surface area contributed by atoms with E-state index in [9.17, 15) is 9.59 Å². The maximum atomic E-state index is 10.5. The number of carbonyl (C=O) groups is 1. The van der Waals surface area contributed by atoms with E-state index in [0.29, 0.717) is 17.6 Å². The molecule has 3 heteroatoms. The van der Waals surface area contributed by atoms with Crippen molar-refractivity contribution in [2.75, 3.05) is 0 Å². The number of ether oxygens (including phenoxy) is 1. The Morgan fingerprint density at radius 3 is 2.77 bits per heavy atom. The van der Waals surface area contributed by atoms with E-state index in [1.54, 1.807) is 30.2 Å². The van der Waals surface area contributed by atoms with Gasteiger partial charge in [-0.05, 0) is 12.1 Å². The fraction of sp³-hybridized carbons (Fsp3) is 0.100. The summed E-state index contributed by atoms with van der Waals surface area (Å²) in [6.45, 7) is 1.48. The number of benzene rings is 1. The number of hydrogen-bond acceptors (Lipinski definition) is 3. The molecule has 0 spiro atoms. The highest BCUT2D eigenvalue weighted by molar-refractivity contribution is 5.79. The Hall–Kier alpha value is -1.86. The molecule has 0 aliphatic heterocycles. The predicted octanol–water partition coefficient (Wildman–Crippen LogP) is 1.61. The third kappa shape index (κ3) is 2.29. The standard InChI is InChI=1S/C10H8O3/c1-8(6-11)13-10-5-3-2-4-9(10)7-12/h2-5,7H,1H3. The Kier molecular flexibility index (Phi) is 3.01. The topological polar surface area (TPSA) is 43.4 Å². The van der Waals surface area contributed by atoms with Crippen LogP contribution in [0.3, 0.4) is 0 Å². The molecule has 66 valence electrons. The lowest BCUT2D eigenvalue weighted by atomic mass is 10.2. The molecular weight excluding hydrogens is 168 g/mol. The van der Waals surface area contributed by atoms with Gasteiger partial charge in [-0.3, -0.25) is 4.79 Å². The molecule has 0 bridgehead atoms. The number of para-hydroxylation sites is 1. The molecular formula is C10H8O3. The summed E-state index contributed by atoms with van der Waals surface area (Å²) in [5.41, 5.74) is 0.414. The number of carbonyl (C=O) groups excluding carboxylic acids is 2. The summed E-state index contributed by atoms with van der Waals surface area (Å²) < 4.78 is 5.05. The minimum atomic E-state index is 0.106. The van der Waals surface area contributed by atoms with Gasteiger partial charge in [0.1, 0.15) is 5.75 Å². The van der Waals surface area contributed by atoms with Crippen LogP contribution in [0.2, 0.25) is 0 Å². The maximum Gasteiger partial charge on any atom is 0.184 e. The van der Waals surface area contributed by atoms with Crippen molar-refractivity contribution in [1.82, 2.24) is 0 Å². The lowest BCUT2D eigenvalue weighted by molar-refractivity contribution is 0.112. The van der Waals surface area contributed by atoms with Crippen molar-refractivity contribution in [3.05, 3.63) is 35.6 Å². The third-order valence-corrected chi connectivity index (χ3v) is 1.45. The van der Waals surface area contributed by atoms with Gasteiger partial charge in [-0.1, -0.05) is 12.1 Å². The number of aldehydes is 1. The van der Waals surface area contributed by atoms with Crippen molar-refractivity contribution in [2.24, 2.45) is 0 Å². The Balaban J connectivity index is 3.00. The van der Waals surface area contributed by atoms with E-state index >= 15 is 0 Å². The summed E-state index contributed by atoms with van der Waals surface area (Å²) in [5, 5.41) is 0. The van der Waals surface area contributed by atoms with E-state index in [-0.39, 0.29) is 5.76 Å². The molecule has 0 aliphatic rings. The molecule has 0 heterocycles. The first-order valence-corrected chi connectivity index (χ1v) is 3.71. The Labute approximate surface area is 75.6 Å². The zero-order valence-electron chi connectivity index (χ0n) is 7.11. The Bertz CT molecular complexity index is 362. The summed E-state index contributed by atoms with van der Waals surface area (Å²) in [6.07, 6.45) is 0.674. The second-order valence-corrected chi connectivity index (χ2v) is 2.42. The first-order valence-electron chi connectivity index (χ1n) is 3.71. The third-order valence-electron chi connectivity index (χ3n) is 1.45. The SMILES string of the molecule is CC(=C=O)Oc1ccccc1C=O. The molecule has 13 heavy (non-hydrogen) atoms. The molecule has 1 aromatic carbocycles. The highest BCUT2D eigenvalue weighted by Gasteiger charge is 2.01. The van der Waals surface area contributed by atoms with Gasteiger partial charge in [-0.2, -0.15) is 0 Å². The average molecular weight is 176 g/mol. The van der Waals surface area contributed by atoms with Crippen LogP contribution in [0, 0.1) is 0 Å². The van der Waals surface area contributed by atoms with E-state index in [1.807, 2.05) is 0 Å². The van der Waals surface area contributed by atoms with Gasteiger partial charge in [0, 0.05) is 6.92 Å². The summed E-state index contributed by atoms with van der Waals surface area (Å²) in [6, 6.07) is 6.67. The first kappa shape index (κ1) is 9.23. The van der Waals surface area contributed by atoms with Crippen molar-refractivity contribution in [3.63, 3.8) is 0 Å². The fourth-order valence-corrected chi connectivity index (χ4v) is 0.857. The highest BCUT2D eigenvalue weighted by Crippen LogP contribution is 2.17. The van der Waals surface area contributed by atoms with Crippen molar-refractivity contribution in [2.45, 2.75) is 6.92 Å². The van der Waals surface area contributed by atoms with Crippen LogP contribution in [-0.2, 0) is 4.79 Å². The van der Waals surface area contributed by atoms with Gasteiger partial charge in [-0.25, -0.2) is 4.79 Å². The second-order valence-electron chi connectivity index (χ2n) is 2.42. The van der Waals surface area contributed by atoms with Crippen LogP contribution < -0.4 is 4.74 Å². The van der Waals surface area contributed by atoms with Gasteiger partial charge >= 0.3 is 0 Å². The smallest absolute Gasteiger partial charge is 0.184 e. The van der Waals surface area contributed by atoms with Crippen LogP contribution in [0.4, 0.5) is 0 Å². The van der Waals surface area contributed by atoms with Gasteiger partial charge in [-0.15, -0.1) is 0 Å². The maximum absolute atomic E-state index is 10.5. The lowest BCUT2D eigenvalue weighted by Crippen LogP contribution is -1.94. The van der Waals surface area contributed by atoms with Crippen molar-refractivity contribution in [1.29, 1.82) is 0 Å². The van der Waals surface area contributed by atoms with Gasteiger partial charge < -0.3 is 4.74 Å². The van der Waals surface area contributed by atoms with E-state index in [1.165, 1.54) is 6.92 Å². The second kappa shape index (κ2) is 4.24. The van der Waals surface area contributed by atoms with Crippen LogP contribution in [0.25, 0.3) is 0 Å². The highest BCUT2D eigenvalue weighted by atomic mass is 16.5. The largest absolute Gasteiger partial charge is 0.450 e. The molecule has 1 aromatic rings. The molecule has 0 N–H and O–H groups in total. The van der Waals surface area contributed by atoms with E-state index in [2.05, 4.69) is 0 Å². The summed E-state index contributed by atoms with van der Waals surface area (Å²) >= 11 is 0. The van der Waals surface area contributed by atoms with Crippen LogP contribution in [0.1, 0.15) is 17.3 Å². The molecule has 0 radical (unpaired) electrons. The molecule has 0 unspecified atom stereocenters. The fourth-order valence-electron chi connectivity index (χ4n) is 0.857. The number of rotatable bonds is 3. The van der Waals surface area contributed by atoms with Crippen LogP contribution in [-0.4, -0.2) is 12.2 Å². The molecule has 1 rings (SSSR count). The molecule has 0 aliphatic carbocycles. The van der Waals surface area contributed by atoms with Crippen molar-refractivity contribution >= 4 is 12.2 Å². The quantitative estimate of drug-likeness (QED) is 0.399. The molecule has 0 saturated carbocycles. The average Bonchev–Trinajstić information content (AvgIpc) is 2.18. The van der Waals surface area contributed by atoms with Gasteiger partial charge in [0.05, 0.1) is 5.56 Å². The van der Waals surface area contributed by atoms with Crippen LogP contribution in [0.15, 0.2) is 30.0 Å². The van der Waals surface area contributed by atoms with Crippen molar-refractivity contribution in [3.8, 4) is 5.75 Å². The minimum Gasteiger partial charge on any atom is -0.450 e. The molecule has 0 amide bonds. The van der Waals surface area contributed by atoms with Crippen molar-refractivity contribution < 1.29 is 14.3 Å². The summed E-state index contributed by atoms with van der Waals surface area (Å²) in [5.74, 6) is 2.07. The number of allylic oxidation sites excluding steroid dienone is 1. The normalized spacial score (nSPS) is 8.69. The Morgan fingerprint density at radius 2 is 2.15 bits per heavy atom. The predicted molar refractivity (Wildman–Crippen MR) is 47.3 cm³/mol. The monoisotopic (exact) mass is 176 g/mol. The molecule has 0 saturated heterocycles. The van der Waals surface area contributed by atoms with E-state index < -0.39 is 0 Å². The first-order chi connectivity index (χ1) is 6.27. The lowest BCUT2D eigenvalue weighted by Gasteiger charge is -2.03.